The molecule has 128 valence electrons. The monoisotopic (exact) mass is 348 g/mol. The van der Waals surface area contributed by atoms with E-state index in [4.69, 9.17) is 5.26 Å². The summed E-state index contributed by atoms with van der Waals surface area (Å²) >= 11 is 0. The molecular weight excluding hydrogens is 328 g/mol. The minimum atomic E-state index is -2.88. The first-order valence-electron chi connectivity index (χ1n) is 7.97. The lowest BCUT2D eigenvalue weighted by Gasteiger charge is -2.37. The van der Waals surface area contributed by atoms with Crippen LogP contribution in [-0.2, 0) is 9.84 Å². The summed E-state index contributed by atoms with van der Waals surface area (Å²) in [5.41, 5.74) is 1.10. The summed E-state index contributed by atoms with van der Waals surface area (Å²) in [6.07, 6.45) is 0.690. The fourth-order valence-electron chi connectivity index (χ4n) is 3.22. The molecule has 0 saturated carbocycles. The molecule has 1 unspecified atom stereocenters. The number of amides is 2. The molecule has 2 heterocycles. The molecule has 0 radical (unpaired) electrons. The van der Waals surface area contributed by atoms with Crippen LogP contribution in [0.2, 0.25) is 0 Å². The molecule has 2 aliphatic heterocycles. The second kappa shape index (κ2) is 6.79. The number of piperazine rings is 1. The highest BCUT2D eigenvalue weighted by Gasteiger charge is 2.34. The average Bonchev–Trinajstić information content (AvgIpc) is 2.95. The van der Waals surface area contributed by atoms with Crippen molar-refractivity contribution in [3.63, 3.8) is 0 Å². The number of anilines is 1. The Kier molecular flexibility index (Phi) is 4.73. The number of hydrogen-bond donors (Lipinski definition) is 1. The molecule has 1 aromatic rings. The molecule has 0 aromatic heterocycles. The first-order chi connectivity index (χ1) is 11.5. The van der Waals surface area contributed by atoms with E-state index in [2.05, 4.69) is 10.2 Å². The van der Waals surface area contributed by atoms with Crippen molar-refractivity contribution in [3.05, 3.63) is 29.8 Å². The molecule has 2 fully saturated rings. The van der Waals surface area contributed by atoms with Crippen LogP contribution < -0.4 is 5.32 Å². The lowest BCUT2D eigenvalue weighted by atomic mass is 10.2. The second-order valence-corrected chi connectivity index (χ2v) is 8.43. The highest BCUT2D eigenvalue weighted by molar-refractivity contribution is 7.91. The summed E-state index contributed by atoms with van der Waals surface area (Å²) < 4.78 is 23.2. The van der Waals surface area contributed by atoms with E-state index in [-0.39, 0.29) is 23.6 Å². The lowest BCUT2D eigenvalue weighted by Crippen LogP contribution is -2.53. The molecule has 1 aromatic carbocycles. The Balaban J connectivity index is 1.53. The van der Waals surface area contributed by atoms with Crippen molar-refractivity contribution in [2.24, 2.45) is 0 Å². The number of carbonyl (C=O) groups is 1. The Hall–Kier alpha value is -2.11. The summed E-state index contributed by atoms with van der Waals surface area (Å²) in [7, 11) is -2.88. The van der Waals surface area contributed by atoms with E-state index in [9.17, 15) is 13.2 Å². The Labute approximate surface area is 141 Å². The molecule has 0 aliphatic carbocycles. The summed E-state index contributed by atoms with van der Waals surface area (Å²) in [4.78, 5) is 16.2. The number of nitriles is 1. The zero-order valence-corrected chi connectivity index (χ0v) is 14.1. The molecular formula is C16H20N4O3S. The van der Waals surface area contributed by atoms with Crippen molar-refractivity contribution in [3.8, 4) is 6.07 Å². The van der Waals surface area contributed by atoms with E-state index in [0.717, 1.165) is 0 Å². The third kappa shape index (κ3) is 3.86. The number of sulfone groups is 1. The zero-order chi connectivity index (χ0) is 17.2. The van der Waals surface area contributed by atoms with Gasteiger partial charge < -0.3 is 10.2 Å². The molecule has 3 rings (SSSR count). The van der Waals surface area contributed by atoms with Crippen LogP contribution in [0.15, 0.2) is 24.3 Å². The topological polar surface area (TPSA) is 93.5 Å². The van der Waals surface area contributed by atoms with E-state index in [0.29, 0.717) is 43.9 Å². The predicted molar refractivity (Wildman–Crippen MR) is 90.4 cm³/mol. The van der Waals surface area contributed by atoms with Crippen molar-refractivity contribution in [1.29, 1.82) is 5.26 Å². The summed E-state index contributed by atoms with van der Waals surface area (Å²) in [6, 6.07) is 8.74. The van der Waals surface area contributed by atoms with Gasteiger partial charge in [-0.25, -0.2) is 13.2 Å². The second-order valence-electron chi connectivity index (χ2n) is 6.20. The van der Waals surface area contributed by atoms with Gasteiger partial charge >= 0.3 is 6.03 Å². The van der Waals surface area contributed by atoms with Crippen LogP contribution in [0.4, 0.5) is 10.5 Å². The Morgan fingerprint density at radius 3 is 2.62 bits per heavy atom. The first kappa shape index (κ1) is 16.7. The molecule has 0 bridgehead atoms. The Morgan fingerprint density at radius 1 is 1.25 bits per heavy atom. The molecule has 2 amide bonds. The van der Waals surface area contributed by atoms with Gasteiger partial charge in [-0.3, -0.25) is 4.90 Å². The maximum absolute atomic E-state index is 12.3. The van der Waals surface area contributed by atoms with Gasteiger partial charge in [-0.1, -0.05) is 6.07 Å². The standard InChI is InChI=1S/C16H20N4O3S/c17-11-13-2-1-3-14(10-13)18-16(21)20-7-5-19(6-8-20)15-4-9-24(22,23)12-15/h1-3,10,15H,4-9,12H2,(H,18,21). The number of nitrogens with zero attached hydrogens (tertiary/aromatic N) is 3. The quantitative estimate of drug-likeness (QED) is 0.857. The van der Waals surface area contributed by atoms with Crippen molar-refractivity contribution >= 4 is 21.6 Å². The fourth-order valence-corrected chi connectivity index (χ4v) is 4.98. The molecule has 7 nitrogen and oxygen atoms in total. The first-order valence-corrected chi connectivity index (χ1v) is 9.79. The van der Waals surface area contributed by atoms with Gasteiger partial charge in [0.1, 0.15) is 0 Å². The van der Waals surface area contributed by atoms with Crippen LogP contribution in [0, 0.1) is 11.3 Å². The molecule has 0 spiro atoms. The number of urea groups is 1. The van der Waals surface area contributed by atoms with Crippen molar-refractivity contribution in [1.82, 2.24) is 9.80 Å². The van der Waals surface area contributed by atoms with Gasteiger partial charge in [0.2, 0.25) is 0 Å². The third-order valence-corrected chi connectivity index (χ3v) is 6.32. The SMILES string of the molecule is N#Cc1cccc(NC(=O)N2CCN(C3CCS(=O)(=O)C3)CC2)c1. The van der Waals surface area contributed by atoms with Crippen LogP contribution in [0.5, 0.6) is 0 Å². The van der Waals surface area contributed by atoms with Gasteiger partial charge in [-0.05, 0) is 24.6 Å². The number of hydrogen-bond acceptors (Lipinski definition) is 5. The normalized spacial score (nSPS) is 23.6. The number of rotatable bonds is 2. The third-order valence-electron chi connectivity index (χ3n) is 4.57. The van der Waals surface area contributed by atoms with E-state index < -0.39 is 9.84 Å². The van der Waals surface area contributed by atoms with Crippen LogP contribution in [0.25, 0.3) is 0 Å². The van der Waals surface area contributed by atoms with Crippen molar-refractivity contribution in [2.45, 2.75) is 12.5 Å². The predicted octanol–water partition coefficient (Wildman–Crippen LogP) is 0.895. The van der Waals surface area contributed by atoms with Gasteiger partial charge in [-0.15, -0.1) is 0 Å². The maximum atomic E-state index is 12.3. The molecule has 2 saturated heterocycles. The van der Waals surface area contributed by atoms with Crippen LogP contribution >= 0.6 is 0 Å². The van der Waals surface area contributed by atoms with Crippen LogP contribution in [0.3, 0.4) is 0 Å². The van der Waals surface area contributed by atoms with Gasteiger partial charge in [0, 0.05) is 37.9 Å². The highest BCUT2D eigenvalue weighted by Crippen LogP contribution is 2.19. The van der Waals surface area contributed by atoms with Gasteiger partial charge in [-0.2, -0.15) is 5.26 Å². The molecule has 24 heavy (non-hydrogen) atoms. The molecule has 1 N–H and O–H groups in total. The minimum absolute atomic E-state index is 0.0903. The van der Waals surface area contributed by atoms with E-state index in [1.807, 2.05) is 6.07 Å². The maximum Gasteiger partial charge on any atom is 0.321 e. The summed E-state index contributed by atoms with van der Waals surface area (Å²) in [5.74, 6) is 0.508. The molecule has 1 atom stereocenters. The summed E-state index contributed by atoms with van der Waals surface area (Å²) in [6.45, 7) is 2.51. The molecule has 2 aliphatic rings. The van der Waals surface area contributed by atoms with E-state index >= 15 is 0 Å². The summed E-state index contributed by atoms with van der Waals surface area (Å²) in [5, 5.41) is 11.7. The lowest BCUT2D eigenvalue weighted by molar-refractivity contribution is 0.121. The van der Waals surface area contributed by atoms with Crippen LogP contribution in [-0.4, -0.2) is 68.0 Å². The number of carbonyl (C=O) groups excluding carboxylic acids is 1. The number of nitrogens with one attached hydrogen (secondary N) is 1. The highest BCUT2D eigenvalue weighted by atomic mass is 32.2. The zero-order valence-electron chi connectivity index (χ0n) is 13.3. The van der Waals surface area contributed by atoms with Crippen LogP contribution in [0.1, 0.15) is 12.0 Å². The minimum Gasteiger partial charge on any atom is -0.322 e. The van der Waals surface area contributed by atoms with Gasteiger partial charge in [0.15, 0.2) is 9.84 Å². The smallest absolute Gasteiger partial charge is 0.321 e. The van der Waals surface area contributed by atoms with E-state index in [1.54, 1.807) is 29.2 Å². The van der Waals surface area contributed by atoms with E-state index in [1.165, 1.54) is 0 Å². The Morgan fingerprint density at radius 2 is 2.00 bits per heavy atom. The van der Waals surface area contributed by atoms with Crippen molar-refractivity contribution < 1.29 is 13.2 Å². The van der Waals surface area contributed by atoms with Gasteiger partial charge in [0.25, 0.3) is 0 Å². The fraction of sp³-hybridized carbons (Fsp3) is 0.500. The Bertz CT molecular complexity index is 764. The van der Waals surface area contributed by atoms with Gasteiger partial charge in [0.05, 0.1) is 23.1 Å². The van der Waals surface area contributed by atoms with Crippen molar-refractivity contribution in [2.75, 3.05) is 43.0 Å². The molecule has 8 heteroatoms. The average molecular weight is 348 g/mol. The number of benzene rings is 1. The largest absolute Gasteiger partial charge is 0.322 e.